The molecular weight excluding hydrogens is 286 g/mol. The van der Waals surface area contributed by atoms with Crippen LogP contribution in [0.15, 0.2) is 18.5 Å². The Kier molecular flexibility index (Phi) is 2.80. The van der Waals surface area contributed by atoms with Crippen LogP contribution in [0.1, 0.15) is 15.4 Å². The van der Waals surface area contributed by atoms with Gasteiger partial charge in [-0.25, -0.2) is 15.0 Å². The molecule has 21 heavy (non-hydrogen) atoms. The van der Waals surface area contributed by atoms with E-state index in [2.05, 4.69) is 15.0 Å². The Balaban J connectivity index is 1.58. The summed E-state index contributed by atoms with van der Waals surface area (Å²) >= 11 is 1.37. The van der Waals surface area contributed by atoms with E-state index < -0.39 is 0 Å². The molecule has 7 heteroatoms. The Morgan fingerprint density at radius 2 is 2.00 bits per heavy atom. The summed E-state index contributed by atoms with van der Waals surface area (Å²) in [7, 11) is 0. The van der Waals surface area contributed by atoms with Crippen LogP contribution in [0.5, 0.6) is 0 Å². The molecule has 4 rings (SSSR count). The van der Waals surface area contributed by atoms with E-state index in [9.17, 15) is 4.79 Å². The molecular formula is C14H15N5OS. The van der Waals surface area contributed by atoms with Crippen LogP contribution in [0, 0.1) is 18.8 Å². The summed E-state index contributed by atoms with van der Waals surface area (Å²) in [5.41, 5.74) is 6.67. The minimum atomic E-state index is 0.0616. The van der Waals surface area contributed by atoms with Crippen LogP contribution in [-0.4, -0.2) is 44.9 Å². The van der Waals surface area contributed by atoms with Gasteiger partial charge in [0, 0.05) is 31.5 Å². The van der Waals surface area contributed by atoms with Gasteiger partial charge in [0.25, 0.3) is 5.91 Å². The molecule has 0 radical (unpaired) electrons. The maximum Gasteiger partial charge on any atom is 0.265 e. The number of thiazole rings is 1. The van der Waals surface area contributed by atoms with Crippen LogP contribution >= 0.6 is 11.3 Å². The standard InChI is InChI=1S/C14H15N5OS/c1-7-11(14(20)19-5-8-9(6-19)10(8)15)21-13(18-7)12-16-3-2-4-17-12/h2-4,8-10H,5-6,15H2,1H3/t8-,9+,10-. The molecule has 2 aliphatic rings. The predicted octanol–water partition coefficient (Wildman–Crippen LogP) is 0.938. The highest BCUT2D eigenvalue weighted by Gasteiger charge is 2.54. The van der Waals surface area contributed by atoms with Crippen LogP contribution in [0.2, 0.25) is 0 Å². The van der Waals surface area contributed by atoms with Crippen LogP contribution in [-0.2, 0) is 0 Å². The van der Waals surface area contributed by atoms with Gasteiger partial charge in [0.15, 0.2) is 10.8 Å². The van der Waals surface area contributed by atoms with Gasteiger partial charge in [-0.15, -0.1) is 11.3 Å². The number of carbonyl (C=O) groups excluding carboxylic acids is 1. The number of aromatic nitrogens is 3. The maximum absolute atomic E-state index is 12.6. The fourth-order valence-corrected chi connectivity index (χ4v) is 3.96. The normalized spacial score (nSPS) is 26.8. The summed E-state index contributed by atoms with van der Waals surface area (Å²) in [5, 5.41) is 0.692. The molecule has 2 fully saturated rings. The third-order valence-corrected chi connectivity index (χ3v) is 5.44. The lowest BCUT2D eigenvalue weighted by atomic mass is 10.3. The van der Waals surface area contributed by atoms with Crippen molar-refractivity contribution in [2.45, 2.75) is 13.0 Å². The number of nitrogens with two attached hydrogens (primary N) is 1. The van der Waals surface area contributed by atoms with Crippen LogP contribution in [0.3, 0.4) is 0 Å². The zero-order chi connectivity index (χ0) is 14.6. The topological polar surface area (TPSA) is 85.0 Å². The number of likely N-dealkylation sites (tertiary alicyclic amines) is 1. The zero-order valence-corrected chi connectivity index (χ0v) is 12.4. The number of nitrogens with zero attached hydrogens (tertiary/aromatic N) is 4. The van der Waals surface area contributed by atoms with Gasteiger partial charge in [-0.3, -0.25) is 4.79 Å². The molecule has 1 aliphatic carbocycles. The second-order valence-electron chi connectivity index (χ2n) is 5.62. The van der Waals surface area contributed by atoms with Gasteiger partial charge >= 0.3 is 0 Å². The van der Waals surface area contributed by atoms with Crippen molar-refractivity contribution in [2.75, 3.05) is 13.1 Å². The van der Waals surface area contributed by atoms with Crippen molar-refractivity contribution in [3.8, 4) is 10.8 Å². The Hall–Kier alpha value is -1.86. The molecule has 1 saturated heterocycles. The average molecular weight is 301 g/mol. The van der Waals surface area contributed by atoms with Gasteiger partial charge in [-0.05, 0) is 24.8 Å². The van der Waals surface area contributed by atoms with Gasteiger partial charge in [0.1, 0.15) is 4.88 Å². The summed E-state index contributed by atoms with van der Waals surface area (Å²) < 4.78 is 0. The molecule has 2 N–H and O–H groups in total. The van der Waals surface area contributed by atoms with Crippen molar-refractivity contribution in [1.29, 1.82) is 0 Å². The van der Waals surface area contributed by atoms with Crippen molar-refractivity contribution < 1.29 is 4.79 Å². The van der Waals surface area contributed by atoms with E-state index >= 15 is 0 Å². The van der Waals surface area contributed by atoms with Crippen molar-refractivity contribution in [1.82, 2.24) is 19.9 Å². The van der Waals surface area contributed by atoms with Gasteiger partial charge in [0.2, 0.25) is 0 Å². The Morgan fingerprint density at radius 1 is 1.33 bits per heavy atom. The lowest BCUT2D eigenvalue weighted by Crippen LogP contribution is -2.33. The maximum atomic E-state index is 12.6. The van der Waals surface area contributed by atoms with Crippen molar-refractivity contribution in [2.24, 2.45) is 17.6 Å². The fraction of sp³-hybridized carbons (Fsp3) is 0.429. The van der Waals surface area contributed by atoms with Crippen LogP contribution < -0.4 is 5.73 Å². The number of hydrogen-bond acceptors (Lipinski definition) is 6. The number of aryl methyl sites for hydroxylation is 1. The molecule has 1 amide bonds. The van der Waals surface area contributed by atoms with E-state index in [1.807, 2.05) is 11.8 Å². The molecule has 2 aromatic rings. The number of carbonyl (C=O) groups is 1. The highest BCUT2D eigenvalue weighted by Crippen LogP contribution is 2.44. The third-order valence-electron chi connectivity index (χ3n) is 4.30. The number of amides is 1. The van der Waals surface area contributed by atoms with E-state index in [4.69, 9.17) is 5.73 Å². The molecule has 0 unspecified atom stereocenters. The summed E-state index contributed by atoms with van der Waals surface area (Å²) in [5.74, 6) is 1.63. The largest absolute Gasteiger partial charge is 0.337 e. The van der Waals surface area contributed by atoms with Crippen molar-refractivity contribution in [3.63, 3.8) is 0 Å². The van der Waals surface area contributed by atoms with Gasteiger partial charge in [-0.2, -0.15) is 0 Å². The first-order chi connectivity index (χ1) is 10.1. The SMILES string of the molecule is Cc1nc(-c2ncccn2)sc1C(=O)N1C[C@@H]2[C@H](N)[C@@H]2C1. The first kappa shape index (κ1) is 12.8. The molecule has 6 nitrogen and oxygen atoms in total. The average Bonchev–Trinajstić information content (AvgIpc) is 2.91. The van der Waals surface area contributed by atoms with E-state index in [-0.39, 0.29) is 5.91 Å². The number of piperidine rings is 1. The van der Waals surface area contributed by atoms with E-state index in [0.29, 0.717) is 33.6 Å². The summed E-state index contributed by atoms with van der Waals surface area (Å²) in [6.07, 6.45) is 3.35. The van der Waals surface area contributed by atoms with E-state index in [0.717, 1.165) is 18.8 Å². The molecule has 0 spiro atoms. The van der Waals surface area contributed by atoms with Crippen LogP contribution in [0.4, 0.5) is 0 Å². The summed E-state index contributed by atoms with van der Waals surface area (Å²) in [6, 6.07) is 2.06. The van der Waals surface area contributed by atoms with Crippen molar-refractivity contribution in [3.05, 3.63) is 29.0 Å². The van der Waals surface area contributed by atoms with Crippen LogP contribution in [0.25, 0.3) is 10.8 Å². The minimum Gasteiger partial charge on any atom is -0.337 e. The second kappa shape index (κ2) is 4.57. The molecule has 0 aromatic carbocycles. The second-order valence-corrected chi connectivity index (χ2v) is 6.62. The van der Waals surface area contributed by atoms with Crippen molar-refractivity contribution >= 4 is 17.2 Å². The first-order valence-electron chi connectivity index (χ1n) is 6.95. The smallest absolute Gasteiger partial charge is 0.265 e. The number of fused-ring (bicyclic) bond motifs is 1. The monoisotopic (exact) mass is 301 g/mol. The van der Waals surface area contributed by atoms with E-state index in [1.54, 1.807) is 18.5 Å². The Bertz CT molecular complexity index is 689. The highest BCUT2D eigenvalue weighted by atomic mass is 32.1. The predicted molar refractivity (Wildman–Crippen MR) is 78.7 cm³/mol. The molecule has 1 aliphatic heterocycles. The molecule has 3 heterocycles. The Morgan fingerprint density at radius 3 is 2.67 bits per heavy atom. The fourth-order valence-electron chi connectivity index (χ4n) is 2.98. The number of hydrogen-bond donors (Lipinski definition) is 1. The quantitative estimate of drug-likeness (QED) is 0.892. The van der Waals surface area contributed by atoms with Gasteiger partial charge < -0.3 is 10.6 Å². The summed E-state index contributed by atoms with van der Waals surface area (Å²) in [6.45, 7) is 3.41. The Labute approximate surface area is 126 Å². The third kappa shape index (κ3) is 2.04. The molecule has 0 bridgehead atoms. The summed E-state index contributed by atoms with van der Waals surface area (Å²) in [4.78, 5) is 28.0. The lowest BCUT2D eigenvalue weighted by molar-refractivity contribution is 0.0777. The first-order valence-corrected chi connectivity index (χ1v) is 7.76. The molecule has 2 aromatic heterocycles. The van der Waals surface area contributed by atoms with E-state index in [1.165, 1.54) is 11.3 Å². The minimum absolute atomic E-state index is 0.0616. The highest BCUT2D eigenvalue weighted by molar-refractivity contribution is 7.17. The molecule has 108 valence electrons. The number of rotatable bonds is 2. The molecule has 1 saturated carbocycles. The van der Waals surface area contributed by atoms with Gasteiger partial charge in [0.05, 0.1) is 5.69 Å². The molecule has 3 atom stereocenters. The lowest BCUT2D eigenvalue weighted by Gasteiger charge is -2.18. The van der Waals surface area contributed by atoms with Gasteiger partial charge in [-0.1, -0.05) is 0 Å². The zero-order valence-electron chi connectivity index (χ0n) is 11.6.